The van der Waals surface area contributed by atoms with Gasteiger partial charge in [0.1, 0.15) is 24.2 Å². The molecule has 2 fully saturated rings. The Labute approximate surface area is 226 Å². The van der Waals surface area contributed by atoms with Crippen molar-refractivity contribution in [2.45, 2.75) is 77.4 Å². The molecule has 1 N–H and O–H groups in total. The highest BCUT2D eigenvalue weighted by Crippen LogP contribution is 2.34. The number of nitrogens with one attached hydrogen (secondary N) is 1. The van der Waals surface area contributed by atoms with Crippen LogP contribution in [0.15, 0.2) is 36.4 Å². The first-order valence-electron chi connectivity index (χ1n) is 14.2. The first-order valence-corrected chi connectivity index (χ1v) is 12.7. The first-order chi connectivity index (χ1) is 19.0. The number of halogens is 1. The van der Waals surface area contributed by atoms with E-state index in [1.807, 2.05) is 27.7 Å². The molecular formula is C29H34FN3O5. The Bertz CT molecular complexity index is 1420. The molecule has 0 spiro atoms. The van der Waals surface area contributed by atoms with E-state index in [9.17, 15) is 18.8 Å². The molecule has 5 rings (SSSR count). The number of rotatable bonds is 6. The van der Waals surface area contributed by atoms with Gasteiger partial charge in [0.15, 0.2) is 0 Å². The van der Waals surface area contributed by atoms with E-state index < -0.39 is 47.3 Å². The predicted molar refractivity (Wildman–Crippen MR) is 138 cm³/mol. The Kier molecular flexibility index (Phi) is 5.83. The number of hydrogen-bond acceptors (Lipinski definition) is 6. The summed E-state index contributed by atoms with van der Waals surface area (Å²) in [4.78, 5) is 40.1. The molecule has 202 valence electrons. The number of nitrogens with zero attached hydrogens (tertiary/aromatic N) is 2. The van der Waals surface area contributed by atoms with Gasteiger partial charge < -0.3 is 14.4 Å². The van der Waals surface area contributed by atoms with Crippen LogP contribution in [0.2, 0.25) is 0 Å². The van der Waals surface area contributed by atoms with Crippen molar-refractivity contribution in [1.29, 1.82) is 0 Å². The lowest BCUT2D eigenvalue weighted by Crippen LogP contribution is -2.56. The Morgan fingerprint density at radius 2 is 1.89 bits per heavy atom. The van der Waals surface area contributed by atoms with Crippen LogP contribution in [0.4, 0.5) is 4.39 Å². The zero-order valence-electron chi connectivity index (χ0n) is 25.0. The third kappa shape index (κ3) is 5.44. The zero-order chi connectivity index (χ0) is 30.0. The van der Waals surface area contributed by atoms with Crippen molar-refractivity contribution in [2.75, 3.05) is 13.1 Å². The van der Waals surface area contributed by atoms with Crippen molar-refractivity contribution in [3.8, 4) is 5.75 Å². The van der Waals surface area contributed by atoms with Crippen molar-refractivity contribution in [3.63, 3.8) is 0 Å². The fourth-order valence-electron chi connectivity index (χ4n) is 5.48. The van der Waals surface area contributed by atoms with Gasteiger partial charge in [-0.2, -0.15) is 0 Å². The average molecular weight is 527 g/mol. The SMILES string of the molecule is [2H]C1(N2Cc3c(OCc4cc(C([2H])([2H])N5CC(C)(C)OC(C)(C)C5)ccc4F)cccc3C2=O)CCC(=O)NC1=O. The highest BCUT2D eigenvalue weighted by atomic mass is 19.1. The van der Waals surface area contributed by atoms with Gasteiger partial charge in [0, 0.05) is 45.4 Å². The summed E-state index contributed by atoms with van der Waals surface area (Å²) in [5.74, 6) is -2.13. The van der Waals surface area contributed by atoms with Crippen LogP contribution in [0.1, 0.15) is 71.7 Å². The zero-order valence-corrected chi connectivity index (χ0v) is 22.0. The van der Waals surface area contributed by atoms with Gasteiger partial charge in [-0.3, -0.25) is 24.6 Å². The van der Waals surface area contributed by atoms with Gasteiger partial charge in [-0.25, -0.2) is 4.39 Å². The topological polar surface area (TPSA) is 88.2 Å². The van der Waals surface area contributed by atoms with E-state index in [-0.39, 0.29) is 42.7 Å². The molecule has 1 atom stereocenters. The second-order valence-corrected chi connectivity index (χ2v) is 11.2. The van der Waals surface area contributed by atoms with Gasteiger partial charge in [-0.05, 0) is 63.9 Å². The largest absolute Gasteiger partial charge is 0.488 e. The second-order valence-electron chi connectivity index (χ2n) is 11.2. The highest BCUT2D eigenvalue weighted by Gasteiger charge is 2.40. The molecule has 0 radical (unpaired) electrons. The van der Waals surface area contributed by atoms with E-state index in [4.69, 9.17) is 13.6 Å². The number of amides is 3. The normalized spacial score (nSPS) is 26.3. The van der Waals surface area contributed by atoms with E-state index >= 15 is 0 Å². The molecule has 8 nitrogen and oxygen atoms in total. The van der Waals surface area contributed by atoms with Crippen LogP contribution in [0.3, 0.4) is 0 Å². The van der Waals surface area contributed by atoms with Crippen LogP contribution >= 0.6 is 0 Å². The number of benzene rings is 2. The molecule has 3 heterocycles. The Hall–Kier alpha value is -3.30. The third-order valence-corrected chi connectivity index (χ3v) is 6.77. The van der Waals surface area contributed by atoms with Gasteiger partial charge in [0.25, 0.3) is 5.91 Å². The molecule has 9 heteroatoms. The molecule has 0 saturated carbocycles. The van der Waals surface area contributed by atoms with E-state index in [1.54, 1.807) is 23.1 Å². The molecule has 2 aromatic carbocycles. The summed E-state index contributed by atoms with van der Waals surface area (Å²) in [5.41, 5.74) is -0.0176. The molecule has 2 saturated heterocycles. The number of hydrogen-bond donors (Lipinski definition) is 1. The van der Waals surface area contributed by atoms with Crippen molar-refractivity contribution in [1.82, 2.24) is 15.1 Å². The smallest absolute Gasteiger partial charge is 0.255 e. The first kappa shape index (κ1) is 22.7. The minimum absolute atomic E-state index is 0.0543. The molecule has 0 aliphatic carbocycles. The van der Waals surface area contributed by atoms with Crippen molar-refractivity contribution < 1.29 is 32.4 Å². The fourth-order valence-corrected chi connectivity index (χ4v) is 5.48. The second kappa shape index (κ2) is 9.78. The lowest BCUT2D eigenvalue weighted by atomic mass is 9.98. The van der Waals surface area contributed by atoms with E-state index in [0.717, 1.165) is 4.90 Å². The lowest BCUT2D eigenvalue weighted by Gasteiger charge is -2.47. The fraction of sp³-hybridized carbons (Fsp3) is 0.483. The Morgan fingerprint density at radius 1 is 1.16 bits per heavy atom. The van der Waals surface area contributed by atoms with E-state index in [1.165, 1.54) is 18.2 Å². The quantitative estimate of drug-likeness (QED) is 0.580. The van der Waals surface area contributed by atoms with Gasteiger partial charge >= 0.3 is 0 Å². The van der Waals surface area contributed by atoms with Crippen LogP contribution in [-0.4, -0.2) is 57.8 Å². The number of piperidine rings is 1. The summed E-state index contributed by atoms with van der Waals surface area (Å²) < 4.78 is 53.5. The summed E-state index contributed by atoms with van der Waals surface area (Å²) in [6.07, 6.45) is -0.174. The van der Waals surface area contributed by atoms with Crippen LogP contribution in [0.25, 0.3) is 0 Å². The third-order valence-electron chi connectivity index (χ3n) is 6.77. The lowest BCUT2D eigenvalue weighted by molar-refractivity contribution is -0.182. The monoisotopic (exact) mass is 526 g/mol. The van der Waals surface area contributed by atoms with Gasteiger partial charge in [0.2, 0.25) is 11.8 Å². The molecule has 3 aliphatic heterocycles. The summed E-state index contributed by atoms with van der Waals surface area (Å²) in [7, 11) is 0. The minimum Gasteiger partial charge on any atom is -0.488 e. The van der Waals surface area contributed by atoms with Crippen molar-refractivity contribution >= 4 is 17.7 Å². The molecule has 0 bridgehead atoms. The average Bonchev–Trinajstić information content (AvgIpc) is 3.21. The molecule has 2 aromatic rings. The maximum Gasteiger partial charge on any atom is 0.255 e. The predicted octanol–water partition coefficient (Wildman–Crippen LogP) is 3.56. The molecule has 3 amide bonds. The highest BCUT2D eigenvalue weighted by molar-refractivity contribution is 6.05. The van der Waals surface area contributed by atoms with Gasteiger partial charge in [-0.15, -0.1) is 0 Å². The molecule has 38 heavy (non-hydrogen) atoms. The van der Waals surface area contributed by atoms with Crippen molar-refractivity contribution in [2.24, 2.45) is 0 Å². The number of carbonyl (C=O) groups excluding carboxylic acids is 3. The Morgan fingerprint density at radius 3 is 2.61 bits per heavy atom. The molecule has 3 aliphatic rings. The number of ether oxygens (including phenoxy) is 2. The number of imide groups is 1. The minimum atomic E-state index is -1.93. The maximum atomic E-state index is 14.9. The van der Waals surface area contributed by atoms with Crippen molar-refractivity contribution in [3.05, 3.63) is 64.5 Å². The van der Waals surface area contributed by atoms with E-state index in [0.29, 0.717) is 24.4 Å². The molecule has 0 aromatic heterocycles. The van der Waals surface area contributed by atoms with E-state index in [2.05, 4.69) is 5.32 Å². The molecular weight excluding hydrogens is 489 g/mol. The number of carbonyl (C=O) groups is 3. The summed E-state index contributed by atoms with van der Waals surface area (Å²) >= 11 is 0. The van der Waals surface area contributed by atoms with Crippen LogP contribution in [0.5, 0.6) is 5.75 Å². The Balaban J connectivity index is 1.36. The summed E-state index contributed by atoms with van der Waals surface area (Å²) in [6.45, 7) is 6.11. The number of fused-ring (bicyclic) bond motifs is 1. The van der Waals surface area contributed by atoms with Gasteiger partial charge in [-0.1, -0.05) is 12.1 Å². The standard InChI is InChI=1S/C29H34FN3O5/c1-28(2)16-32(17-29(3,4)38-28)13-18-8-9-22(30)19(12-18)15-37-24-7-5-6-20-21(24)14-33(27(20)36)23-10-11-25(34)31-26(23)35/h5-9,12,23H,10-11,13-17H2,1-4H3,(H,31,34,35)/i13D2,23D. The van der Waals surface area contributed by atoms with Crippen LogP contribution in [0, 0.1) is 5.82 Å². The number of morpholine rings is 1. The van der Waals surface area contributed by atoms with Gasteiger partial charge in [0.05, 0.1) is 19.1 Å². The van der Waals surface area contributed by atoms with Crippen LogP contribution < -0.4 is 10.1 Å². The maximum absolute atomic E-state index is 14.9. The van der Waals surface area contributed by atoms with Crippen LogP contribution in [-0.2, 0) is 34.0 Å². The summed E-state index contributed by atoms with van der Waals surface area (Å²) in [5, 5.41) is 2.14. The summed E-state index contributed by atoms with van der Waals surface area (Å²) in [6, 6.07) is 6.96. The molecule has 1 unspecified atom stereocenters.